The minimum absolute atomic E-state index is 0.683. The first kappa shape index (κ1) is 11.4. The Hall–Kier alpha value is -2.72. The van der Waals surface area contributed by atoms with Gasteiger partial charge in [-0.25, -0.2) is 0 Å². The average molecular weight is 244 g/mol. The van der Waals surface area contributed by atoms with Gasteiger partial charge in [0.2, 0.25) is 0 Å². The smallest absolute Gasteiger partial charge is 0.177 e. The van der Waals surface area contributed by atoms with Gasteiger partial charge in [0.25, 0.3) is 0 Å². The Morgan fingerprint density at radius 2 is 1.32 bits per heavy atom. The molecule has 0 fully saturated rings. The Labute approximate surface area is 112 Å². The van der Waals surface area contributed by atoms with Crippen LogP contribution in [-0.2, 0) is 0 Å². The van der Waals surface area contributed by atoms with Gasteiger partial charge in [-0.3, -0.25) is 0 Å². The molecule has 0 N–H and O–H groups in total. The highest BCUT2D eigenvalue weighted by Crippen LogP contribution is 2.21. The van der Waals surface area contributed by atoms with Crippen LogP contribution in [0.2, 0.25) is 0 Å². The summed E-state index contributed by atoms with van der Waals surface area (Å²) in [5, 5.41) is 0. The van der Waals surface area contributed by atoms with Gasteiger partial charge in [0, 0.05) is 11.1 Å². The van der Waals surface area contributed by atoms with Gasteiger partial charge in [0.1, 0.15) is 5.76 Å². The molecule has 1 heteroatoms. The maximum absolute atomic E-state index is 5.72. The van der Waals surface area contributed by atoms with Crippen LogP contribution >= 0.6 is 0 Å². The molecule has 0 aliphatic rings. The van der Waals surface area contributed by atoms with Crippen LogP contribution in [0.3, 0.4) is 0 Å². The van der Waals surface area contributed by atoms with Crippen LogP contribution in [0.25, 0.3) is 11.3 Å². The maximum atomic E-state index is 5.72. The van der Waals surface area contributed by atoms with Crippen LogP contribution in [0.5, 0.6) is 0 Å². The van der Waals surface area contributed by atoms with Crippen LogP contribution in [0.4, 0.5) is 0 Å². The van der Waals surface area contributed by atoms with Gasteiger partial charge in [-0.05, 0) is 30.2 Å². The molecule has 1 aromatic heterocycles. The first-order valence-electron chi connectivity index (χ1n) is 6.14. The summed E-state index contributed by atoms with van der Waals surface area (Å²) in [6.45, 7) is 0. The molecule has 0 amide bonds. The van der Waals surface area contributed by atoms with Gasteiger partial charge in [-0.2, -0.15) is 0 Å². The fourth-order valence-corrected chi connectivity index (χ4v) is 1.82. The minimum atomic E-state index is 0.683. The Morgan fingerprint density at radius 3 is 2.05 bits per heavy atom. The minimum Gasteiger partial charge on any atom is -0.448 e. The Morgan fingerprint density at radius 1 is 0.632 bits per heavy atom. The van der Waals surface area contributed by atoms with E-state index in [-0.39, 0.29) is 0 Å². The Balaban J connectivity index is 1.85. The fourth-order valence-electron chi connectivity index (χ4n) is 1.82. The number of rotatable bonds is 1. The van der Waals surface area contributed by atoms with E-state index in [0.717, 1.165) is 16.9 Å². The van der Waals surface area contributed by atoms with E-state index in [1.807, 2.05) is 72.8 Å². The fraction of sp³-hybridized carbons (Fsp3) is 0. The number of hydrogen-bond acceptors (Lipinski definition) is 1. The third-order valence-corrected chi connectivity index (χ3v) is 2.77. The van der Waals surface area contributed by atoms with E-state index in [4.69, 9.17) is 4.42 Å². The predicted molar refractivity (Wildman–Crippen MR) is 76.6 cm³/mol. The average Bonchev–Trinajstić information content (AvgIpc) is 2.96. The summed E-state index contributed by atoms with van der Waals surface area (Å²) in [6.07, 6.45) is 0. The van der Waals surface area contributed by atoms with Gasteiger partial charge >= 0.3 is 0 Å². The molecule has 0 aliphatic heterocycles. The molecule has 0 atom stereocenters. The molecule has 2 aromatic carbocycles. The number of hydrogen-bond donors (Lipinski definition) is 0. The monoisotopic (exact) mass is 244 g/mol. The lowest BCUT2D eigenvalue weighted by Crippen LogP contribution is -1.72. The second-order valence-corrected chi connectivity index (χ2v) is 4.15. The first-order valence-corrected chi connectivity index (χ1v) is 6.14. The van der Waals surface area contributed by atoms with Gasteiger partial charge in [0.05, 0.1) is 0 Å². The molecule has 0 saturated carbocycles. The third kappa shape index (κ3) is 2.75. The van der Waals surface area contributed by atoms with Crippen molar-refractivity contribution in [2.24, 2.45) is 0 Å². The van der Waals surface area contributed by atoms with Gasteiger partial charge < -0.3 is 4.42 Å². The van der Waals surface area contributed by atoms with Crippen LogP contribution in [-0.4, -0.2) is 0 Å². The molecule has 3 aromatic rings. The van der Waals surface area contributed by atoms with E-state index in [0.29, 0.717) is 5.76 Å². The summed E-state index contributed by atoms with van der Waals surface area (Å²) >= 11 is 0. The van der Waals surface area contributed by atoms with Crippen molar-refractivity contribution in [2.75, 3.05) is 0 Å². The van der Waals surface area contributed by atoms with Crippen LogP contribution < -0.4 is 0 Å². The van der Waals surface area contributed by atoms with Crippen molar-refractivity contribution in [3.05, 3.63) is 84.1 Å². The van der Waals surface area contributed by atoms with E-state index in [2.05, 4.69) is 11.8 Å². The van der Waals surface area contributed by atoms with Crippen molar-refractivity contribution in [1.82, 2.24) is 0 Å². The molecular weight excluding hydrogens is 232 g/mol. The lowest BCUT2D eigenvalue weighted by atomic mass is 10.2. The summed E-state index contributed by atoms with van der Waals surface area (Å²) in [6, 6.07) is 23.8. The number of benzene rings is 2. The number of furan rings is 1. The Kier molecular flexibility index (Phi) is 3.16. The van der Waals surface area contributed by atoms with Gasteiger partial charge in [-0.15, -0.1) is 0 Å². The van der Waals surface area contributed by atoms with E-state index in [1.165, 1.54) is 0 Å². The largest absolute Gasteiger partial charge is 0.448 e. The molecular formula is C18H12O. The molecule has 0 radical (unpaired) electrons. The lowest BCUT2D eigenvalue weighted by Gasteiger charge is -1.93. The van der Waals surface area contributed by atoms with Gasteiger partial charge in [0.15, 0.2) is 5.76 Å². The zero-order chi connectivity index (χ0) is 12.9. The molecule has 0 aliphatic carbocycles. The highest BCUT2D eigenvalue weighted by Gasteiger charge is 2.01. The second-order valence-electron chi connectivity index (χ2n) is 4.15. The summed E-state index contributed by atoms with van der Waals surface area (Å²) in [5.41, 5.74) is 2.05. The van der Waals surface area contributed by atoms with Crippen molar-refractivity contribution in [3.63, 3.8) is 0 Å². The summed E-state index contributed by atoms with van der Waals surface area (Å²) in [5.74, 6) is 7.64. The van der Waals surface area contributed by atoms with Crippen LogP contribution in [0, 0.1) is 11.8 Å². The molecule has 1 nitrogen and oxygen atoms in total. The van der Waals surface area contributed by atoms with E-state index >= 15 is 0 Å². The van der Waals surface area contributed by atoms with Crippen molar-refractivity contribution < 1.29 is 4.42 Å². The molecule has 0 saturated heterocycles. The quantitative estimate of drug-likeness (QED) is 0.580. The zero-order valence-electron chi connectivity index (χ0n) is 10.3. The van der Waals surface area contributed by atoms with Crippen molar-refractivity contribution in [3.8, 4) is 23.2 Å². The molecule has 0 unspecified atom stereocenters. The lowest BCUT2D eigenvalue weighted by molar-refractivity contribution is 0.569. The predicted octanol–water partition coefficient (Wildman–Crippen LogP) is 4.35. The topological polar surface area (TPSA) is 13.1 Å². The van der Waals surface area contributed by atoms with Crippen LogP contribution in [0.15, 0.2) is 77.2 Å². The first-order chi connectivity index (χ1) is 9.42. The summed E-state index contributed by atoms with van der Waals surface area (Å²) < 4.78 is 5.72. The summed E-state index contributed by atoms with van der Waals surface area (Å²) in [4.78, 5) is 0. The second kappa shape index (κ2) is 5.29. The highest BCUT2D eigenvalue weighted by atomic mass is 16.3. The van der Waals surface area contributed by atoms with Crippen molar-refractivity contribution >= 4 is 0 Å². The van der Waals surface area contributed by atoms with Crippen LogP contribution in [0.1, 0.15) is 11.3 Å². The zero-order valence-corrected chi connectivity index (χ0v) is 10.3. The normalized spacial score (nSPS) is 9.68. The standard InChI is InChI=1S/C18H12O/c1-3-7-15(8-4-1)11-12-17-13-14-18(19-17)16-9-5-2-6-10-16/h1-10,13-14H. The molecule has 19 heavy (non-hydrogen) atoms. The summed E-state index contributed by atoms with van der Waals surface area (Å²) in [7, 11) is 0. The van der Waals surface area contributed by atoms with E-state index < -0.39 is 0 Å². The SMILES string of the molecule is C(#Cc1ccc(-c2ccccc2)o1)c1ccccc1. The van der Waals surface area contributed by atoms with E-state index in [1.54, 1.807) is 0 Å². The van der Waals surface area contributed by atoms with Crippen molar-refractivity contribution in [2.45, 2.75) is 0 Å². The van der Waals surface area contributed by atoms with Crippen molar-refractivity contribution in [1.29, 1.82) is 0 Å². The third-order valence-electron chi connectivity index (χ3n) is 2.77. The maximum Gasteiger partial charge on any atom is 0.177 e. The van der Waals surface area contributed by atoms with E-state index in [9.17, 15) is 0 Å². The highest BCUT2D eigenvalue weighted by molar-refractivity contribution is 5.58. The molecule has 0 spiro atoms. The molecule has 1 heterocycles. The molecule has 90 valence electrons. The van der Waals surface area contributed by atoms with Gasteiger partial charge in [-0.1, -0.05) is 54.5 Å². The Bertz CT molecular complexity index is 712. The molecule has 0 bridgehead atoms. The molecule has 3 rings (SSSR count).